The lowest BCUT2D eigenvalue weighted by Gasteiger charge is -1.95. The molecule has 0 aliphatic rings. The standard InChI is InChI=1S/C5H7N3O/c9-5-6-4-8-3-1-2-7-8/h1-3,5H,4H2,(H,6,9). The summed E-state index contributed by atoms with van der Waals surface area (Å²) in [4.78, 5) is 9.75. The summed E-state index contributed by atoms with van der Waals surface area (Å²) in [6, 6.07) is 1.80. The van der Waals surface area contributed by atoms with Crippen molar-refractivity contribution >= 4 is 6.41 Å². The summed E-state index contributed by atoms with van der Waals surface area (Å²) < 4.78 is 1.62. The predicted molar refractivity (Wildman–Crippen MR) is 31.4 cm³/mol. The third-order valence-electron chi connectivity index (χ3n) is 0.896. The Labute approximate surface area is 52.5 Å². The molecule has 0 aromatic carbocycles. The van der Waals surface area contributed by atoms with Crippen LogP contribution in [-0.2, 0) is 11.5 Å². The van der Waals surface area contributed by atoms with Gasteiger partial charge in [0.05, 0.1) is 0 Å². The Morgan fingerprint density at radius 2 is 2.67 bits per heavy atom. The van der Waals surface area contributed by atoms with Gasteiger partial charge in [-0.1, -0.05) is 0 Å². The molecular weight excluding hydrogens is 118 g/mol. The lowest BCUT2D eigenvalue weighted by molar-refractivity contribution is -0.110. The zero-order chi connectivity index (χ0) is 6.53. The van der Waals surface area contributed by atoms with E-state index in [1.165, 1.54) is 0 Å². The maximum absolute atomic E-state index is 9.75. The molecule has 48 valence electrons. The molecule has 0 saturated heterocycles. The van der Waals surface area contributed by atoms with Gasteiger partial charge in [0.25, 0.3) is 0 Å². The van der Waals surface area contributed by atoms with E-state index in [-0.39, 0.29) is 0 Å². The number of nitrogens with one attached hydrogen (secondary N) is 1. The van der Waals surface area contributed by atoms with Crippen molar-refractivity contribution in [3.8, 4) is 0 Å². The van der Waals surface area contributed by atoms with Gasteiger partial charge >= 0.3 is 0 Å². The molecule has 0 radical (unpaired) electrons. The Balaban J connectivity index is 2.38. The lowest BCUT2D eigenvalue weighted by Crippen LogP contribution is -2.16. The van der Waals surface area contributed by atoms with E-state index in [0.29, 0.717) is 13.1 Å². The van der Waals surface area contributed by atoms with E-state index in [1.807, 2.05) is 0 Å². The van der Waals surface area contributed by atoms with Gasteiger partial charge in [0, 0.05) is 12.4 Å². The van der Waals surface area contributed by atoms with Crippen LogP contribution in [0.1, 0.15) is 0 Å². The Morgan fingerprint density at radius 1 is 1.78 bits per heavy atom. The van der Waals surface area contributed by atoms with Gasteiger partial charge in [-0.3, -0.25) is 9.48 Å². The quantitative estimate of drug-likeness (QED) is 0.558. The van der Waals surface area contributed by atoms with Crippen molar-refractivity contribution in [3.05, 3.63) is 18.5 Å². The minimum atomic E-state index is 0.441. The van der Waals surface area contributed by atoms with Crippen LogP contribution in [0.5, 0.6) is 0 Å². The normalized spacial score (nSPS) is 8.89. The second-order valence-electron chi connectivity index (χ2n) is 1.53. The minimum absolute atomic E-state index is 0.441. The van der Waals surface area contributed by atoms with Gasteiger partial charge < -0.3 is 5.32 Å². The Morgan fingerprint density at radius 3 is 3.22 bits per heavy atom. The number of carbonyl (C=O) groups excluding carboxylic acids is 1. The fourth-order valence-corrected chi connectivity index (χ4v) is 0.525. The fourth-order valence-electron chi connectivity index (χ4n) is 0.525. The van der Waals surface area contributed by atoms with Crippen molar-refractivity contribution in [1.29, 1.82) is 0 Å². The number of rotatable bonds is 3. The summed E-state index contributed by atoms with van der Waals surface area (Å²) in [5, 5.41) is 6.32. The van der Waals surface area contributed by atoms with Crippen LogP contribution in [-0.4, -0.2) is 16.2 Å². The first-order valence-electron chi connectivity index (χ1n) is 2.58. The molecule has 0 spiro atoms. The summed E-state index contributed by atoms with van der Waals surface area (Å²) in [5.74, 6) is 0. The average Bonchev–Trinajstić information content (AvgIpc) is 2.34. The van der Waals surface area contributed by atoms with Gasteiger partial charge in [0.1, 0.15) is 6.67 Å². The molecule has 0 unspecified atom stereocenters. The number of amides is 1. The number of aromatic nitrogens is 2. The molecular formula is C5H7N3O. The lowest BCUT2D eigenvalue weighted by atomic mass is 10.7. The summed E-state index contributed by atoms with van der Waals surface area (Å²) >= 11 is 0. The van der Waals surface area contributed by atoms with Crippen LogP contribution < -0.4 is 5.32 Å². The maximum Gasteiger partial charge on any atom is 0.208 e. The van der Waals surface area contributed by atoms with E-state index in [0.717, 1.165) is 0 Å². The molecule has 1 heterocycles. The summed E-state index contributed by atoms with van der Waals surface area (Å²) in [6.45, 7) is 0.441. The SMILES string of the molecule is O=CNCn1cccn1. The molecule has 1 amide bonds. The summed E-state index contributed by atoms with van der Waals surface area (Å²) in [5.41, 5.74) is 0. The van der Waals surface area contributed by atoms with Crippen LogP contribution in [0.15, 0.2) is 18.5 Å². The van der Waals surface area contributed by atoms with Crippen molar-refractivity contribution in [1.82, 2.24) is 15.1 Å². The van der Waals surface area contributed by atoms with Crippen LogP contribution in [0.2, 0.25) is 0 Å². The smallest absolute Gasteiger partial charge is 0.208 e. The van der Waals surface area contributed by atoms with E-state index < -0.39 is 0 Å². The van der Waals surface area contributed by atoms with E-state index in [2.05, 4.69) is 10.4 Å². The zero-order valence-electron chi connectivity index (χ0n) is 4.82. The van der Waals surface area contributed by atoms with E-state index >= 15 is 0 Å². The molecule has 9 heavy (non-hydrogen) atoms. The molecule has 0 aliphatic carbocycles. The average molecular weight is 125 g/mol. The third kappa shape index (κ3) is 1.56. The largest absolute Gasteiger partial charge is 0.339 e. The first kappa shape index (κ1) is 5.81. The topological polar surface area (TPSA) is 46.9 Å². The molecule has 0 atom stereocenters. The highest BCUT2D eigenvalue weighted by atomic mass is 16.1. The molecule has 4 heteroatoms. The number of hydrogen-bond donors (Lipinski definition) is 1. The van der Waals surface area contributed by atoms with Crippen LogP contribution in [0.4, 0.5) is 0 Å². The first-order valence-corrected chi connectivity index (χ1v) is 2.58. The van der Waals surface area contributed by atoms with Crippen molar-refractivity contribution in [2.24, 2.45) is 0 Å². The molecule has 0 bridgehead atoms. The highest BCUT2D eigenvalue weighted by Crippen LogP contribution is 1.78. The summed E-state index contributed by atoms with van der Waals surface area (Å²) in [6.07, 6.45) is 4.07. The Bertz CT molecular complexity index is 170. The molecule has 1 aromatic heterocycles. The number of hydrogen-bond acceptors (Lipinski definition) is 2. The highest BCUT2D eigenvalue weighted by molar-refractivity contribution is 5.45. The van der Waals surface area contributed by atoms with Gasteiger partial charge in [0.2, 0.25) is 6.41 Å². The molecule has 1 N–H and O–H groups in total. The first-order chi connectivity index (χ1) is 4.43. The Hall–Kier alpha value is -1.32. The van der Waals surface area contributed by atoms with Gasteiger partial charge in [-0.25, -0.2) is 0 Å². The maximum atomic E-state index is 9.75. The molecule has 1 aromatic rings. The van der Waals surface area contributed by atoms with Crippen LogP contribution in [0.3, 0.4) is 0 Å². The van der Waals surface area contributed by atoms with Gasteiger partial charge in [-0.2, -0.15) is 5.10 Å². The molecule has 0 aliphatic heterocycles. The molecule has 0 fully saturated rings. The second kappa shape index (κ2) is 2.86. The van der Waals surface area contributed by atoms with Crippen LogP contribution in [0.25, 0.3) is 0 Å². The Kier molecular flexibility index (Phi) is 1.85. The van der Waals surface area contributed by atoms with Gasteiger partial charge in [-0.15, -0.1) is 0 Å². The van der Waals surface area contributed by atoms with Crippen LogP contribution >= 0.6 is 0 Å². The highest BCUT2D eigenvalue weighted by Gasteiger charge is 1.83. The van der Waals surface area contributed by atoms with Crippen molar-refractivity contribution < 1.29 is 4.79 Å². The monoisotopic (exact) mass is 125 g/mol. The summed E-state index contributed by atoms with van der Waals surface area (Å²) in [7, 11) is 0. The van der Waals surface area contributed by atoms with Crippen molar-refractivity contribution in [2.75, 3.05) is 0 Å². The van der Waals surface area contributed by atoms with Crippen molar-refractivity contribution in [2.45, 2.75) is 6.67 Å². The number of carbonyl (C=O) groups is 1. The second-order valence-corrected chi connectivity index (χ2v) is 1.53. The van der Waals surface area contributed by atoms with E-state index in [1.54, 1.807) is 23.1 Å². The molecule has 4 nitrogen and oxygen atoms in total. The predicted octanol–water partition coefficient (Wildman–Crippen LogP) is -0.413. The zero-order valence-corrected chi connectivity index (χ0v) is 4.82. The van der Waals surface area contributed by atoms with Gasteiger partial charge in [-0.05, 0) is 6.07 Å². The van der Waals surface area contributed by atoms with Gasteiger partial charge in [0.15, 0.2) is 0 Å². The van der Waals surface area contributed by atoms with Crippen LogP contribution in [0, 0.1) is 0 Å². The van der Waals surface area contributed by atoms with E-state index in [4.69, 9.17) is 0 Å². The minimum Gasteiger partial charge on any atom is -0.339 e. The van der Waals surface area contributed by atoms with E-state index in [9.17, 15) is 4.79 Å². The molecule has 0 saturated carbocycles. The molecule has 1 rings (SSSR count). The third-order valence-corrected chi connectivity index (χ3v) is 0.896. The van der Waals surface area contributed by atoms with Crippen molar-refractivity contribution in [3.63, 3.8) is 0 Å². The fraction of sp³-hybridized carbons (Fsp3) is 0.200. The number of nitrogens with zero attached hydrogens (tertiary/aromatic N) is 2.